The van der Waals surface area contributed by atoms with E-state index < -0.39 is 0 Å². The fourth-order valence-corrected chi connectivity index (χ4v) is 3.22. The van der Waals surface area contributed by atoms with Crippen LogP contribution in [0.3, 0.4) is 0 Å². The number of nitrogens with zero attached hydrogens (tertiary/aromatic N) is 2. The number of anilines is 1. The Morgan fingerprint density at radius 3 is 2.67 bits per heavy atom. The second-order valence-electron chi connectivity index (χ2n) is 5.53. The monoisotopic (exact) mass is 241 g/mol. The van der Waals surface area contributed by atoms with Gasteiger partial charge in [-0.05, 0) is 62.5 Å². The van der Waals surface area contributed by atoms with Crippen LogP contribution < -0.4 is 5.32 Å². The Kier molecular flexibility index (Phi) is 2.97. The van der Waals surface area contributed by atoms with Crippen LogP contribution in [-0.2, 0) is 0 Å². The molecular weight excluding hydrogens is 222 g/mol. The lowest BCUT2D eigenvalue weighted by atomic mass is 9.84. The van der Waals surface area contributed by atoms with Gasteiger partial charge in [-0.15, -0.1) is 0 Å². The Morgan fingerprint density at radius 1 is 1.33 bits per heavy atom. The number of aryl methyl sites for hydroxylation is 1. The third-order valence-corrected chi connectivity index (χ3v) is 4.35. The van der Waals surface area contributed by atoms with E-state index in [1.807, 2.05) is 18.2 Å². The number of rotatable bonds is 2. The second kappa shape index (κ2) is 4.62. The first-order chi connectivity index (χ1) is 8.76. The van der Waals surface area contributed by atoms with Crippen LogP contribution in [0.2, 0.25) is 0 Å². The van der Waals surface area contributed by atoms with Gasteiger partial charge in [-0.1, -0.05) is 0 Å². The molecule has 3 heterocycles. The van der Waals surface area contributed by atoms with Crippen LogP contribution in [0.5, 0.6) is 0 Å². The first kappa shape index (κ1) is 11.6. The molecule has 3 saturated heterocycles. The van der Waals surface area contributed by atoms with Gasteiger partial charge in [-0.2, -0.15) is 5.26 Å². The highest BCUT2D eigenvalue weighted by molar-refractivity contribution is 5.54. The van der Waals surface area contributed by atoms with Gasteiger partial charge >= 0.3 is 0 Å². The highest BCUT2D eigenvalue weighted by Gasteiger charge is 2.33. The number of nitriles is 1. The van der Waals surface area contributed by atoms with Crippen molar-refractivity contribution in [3.05, 3.63) is 29.3 Å². The van der Waals surface area contributed by atoms with Gasteiger partial charge in [-0.25, -0.2) is 0 Å². The summed E-state index contributed by atoms with van der Waals surface area (Å²) in [5.41, 5.74) is 3.10. The van der Waals surface area contributed by atoms with E-state index in [-0.39, 0.29) is 0 Å². The van der Waals surface area contributed by atoms with E-state index in [1.54, 1.807) is 0 Å². The van der Waals surface area contributed by atoms with E-state index >= 15 is 0 Å². The quantitative estimate of drug-likeness (QED) is 0.864. The SMILES string of the molecule is Cc1cc(C#N)ccc1NC1CN2CCC1CC2. The van der Waals surface area contributed by atoms with Gasteiger partial charge in [-0.3, -0.25) is 0 Å². The van der Waals surface area contributed by atoms with E-state index in [0.29, 0.717) is 6.04 Å². The van der Waals surface area contributed by atoms with Gasteiger partial charge in [0.1, 0.15) is 0 Å². The highest BCUT2D eigenvalue weighted by atomic mass is 15.2. The van der Waals surface area contributed by atoms with E-state index in [9.17, 15) is 0 Å². The zero-order valence-electron chi connectivity index (χ0n) is 10.8. The summed E-state index contributed by atoms with van der Waals surface area (Å²) < 4.78 is 0. The minimum absolute atomic E-state index is 0.583. The van der Waals surface area contributed by atoms with Crippen LogP contribution in [0.4, 0.5) is 5.69 Å². The van der Waals surface area contributed by atoms with Crippen molar-refractivity contribution in [2.24, 2.45) is 5.92 Å². The molecule has 0 saturated carbocycles. The number of hydrogen-bond donors (Lipinski definition) is 1. The first-order valence-electron chi connectivity index (χ1n) is 6.76. The maximum absolute atomic E-state index is 8.88. The maximum atomic E-state index is 8.88. The highest BCUT2D eigenvalue weighted by Crippen LogP contribution is 2.30. The van der Waals surface area contributed by atoms with E-state index in [4.69, 9.17) is 5.26 Å². The molecule has 4 rings (SSSR count). The Labute approximate surface area is 108 Å². The summed E-state index contributed by atoms with van der Waals surface area (Å²) in [6.07, 6.45) is 2.65. The van der Waals surface area contributed by atoms with Gasteiger partial charge in [0.15, 0.2) is 0 Å². The molecule has 3 aliphatic rings. The second-order valence-corrected chi connectivity index (χ2v) is 5.53. The Balaban J connectivity index is 1.75. The fourth-order valence-electron chi connectivity index (χ4n) is 3.22. The summed E-state index contributed by atoms with van der Waals surface area (Å²) in [5.74, 6) is 0.824. The zero-order valence-corrected chi connectivity index (χ0v) is 10.8. The zero-order chi connectivity index (χ0) is 12.5. The third-order valence-electron chi connectivity index (χ3n) is 4.35. The van der Waals surface area contributed by atoms with E-state index in [1.165, 1.54) is 43.7 Å². The van der Waals surface area contributed by atoms with Gasteiger partial charge in [0, 0.05) is 18.3 Å². The molecule has 1 atom stereocenters. The van der Waals surface area contributed by atoms with Crippen molar-refractivity contribution in [1.29, 1.82) is 5.26 Å². The summed E-state index contributed by atoms with van der Waals surface area (Å²) in [7, 11) is 0. The number of hydrogen-bond acceptors (Lipinski definition) is 3. The molecule has 1 aromatic rings. The average Bonchev–Trinajstić information content (AvgIpc) is 2.42. The van der Waals surface area contributed by atoms with Crippen molar-refractivity contribution in [2.75, 3.05) is 25.0 Å². The smallest absolute Gasteiger partial charge is 0.0991 e. The molecule has 3 nitrogen and oxygen atoms in total. The van der Waals surface area contributed by atoms with Crippen LogP contribution in [0, 0.1) is 24.2 Å². The number of nitrogens with one attached hydrogen (secondary N) is 1. The molecule has 18 heavy (non-hydrogen) atoms. The first-order valence-corrected chi connectivity index (χ1v) is 6.76. The summed E-state index contributed by atoms with van der Waals surface area (Å²) in [6.45, 7) is 5.79. The number of benzene rings is 1. The molecule has 0 spiro atoms. The summed E-state index contributed by atoms with van der Waals surface area (Å²) in [6, 6.07) is 8.68. The molecule has 94 valence electrons. The molecule has 0 amide bonds. The van der Waals surface area contributed by atoms with Gasteiger partial charge in [0.05, 0.1) is 11.6 Å². The molecule has 1 aromatic carbocycles. The van der Waals surface area contributed by atoms with Crippen LogP contribution in [0.25, 0.3) is 0 Å². The summed E-state index contributed by atoms with van der Waals surface area (Å²) in [5, 5.41) is 12.6. The minimum Gasteiger partial charge on any atom is -0.381 e. The predicted molar refractivity (Wildman–Crippen MR) is 72.5 cm³/mol. The molecule has 1 N–H and O–H groups in total. The largest absolute Gasteiger partial charge is 0.381 e. The van der Waals surface area contributed by atoms with E-state index in [2.05, 4.69) is 23.2 Å². The summed E-state index contributed by atoms with van der Waals surface area (Å²) in [4.78, 5) is 2.55. The lowest BCUT2D eigenvalue weighted by Crippen LogP contribution is -2.53. The molecule has 3 aliphatic heterocycles. The van der Waals surface area contributed by atoms with Crippen LogP contribution in [0.1, 0.15) is 24.0 Å². The normalized spacial score (nSPS) is 29.9. The molecular formula is C15H19N3. The van der Waals surface area contributed by atoms with Gasteiger partial charge in [0.2, 0.25) is 0 Å². The topological polar surface area (TPSA) is 39.1 Å². The van der Waals surface area contributed by atoms with Crippen LogP contribution in [-0.4, -0.2) is 30.6 Å². The van der Waals surface area contributed by atoms with Gasteiger partial charge in [0.25, 0.3) is 0 Å². The molecule has 0 radical (unpaired) electrons. The van der Waals surface area contributed by atoms with Gasteiger partial charge < -0.3 is 10.2 Å². The predicted octanol–water partition coefficient (Wildman–Crippen LogP) is 2.37. The Bertz CT molecular complexity index is 481. The van der Waals surface area contributed by atoms with E-state index in [0.717, 1.165) is 11.5 Å². The fraction of sp³-hybridized carbons (Fsp3) is 0.533. The standard InChI is InChI=1S/C15H19N3/c1-11-8-12(9-16)2-3-14(11)17-15-10-18-6-4-13(15)5-7-18/h2-3,8,13,15,17H,4-7,10H2,1H3. The van der Waals surface area contributed by atoms with Crippen molar-refractivity contribution in [2.45, 2.75) is 25.8 Å². The molecule has 3 fully saturated rings. The van der Waals surface area contributed by atoms with Crippen LogP contribution in [0.15, 0.2) is 18.2 Å². The van der Waals surface area contributed by atoms with Crippen molar-refractivity contribution in [1.82, 2.24) is 4.90 Å². The van der Waals surface area contributed by atoms with Crippen molar-refractivity contribution in [3.63, 3.8) is 0 Å². The van der Waals surface area contributed by atoms with Crippen molar-refractivity contribution >= 4 is 5.69 Å². The van der Waals surface area contributed by atoms with Crippen molar-refractivity contribution < 1.29 is 0 Å². The number of fused-ring (bicyclic) bond motifs is 3. The Morgan fingerprint density at radius 2 is 2.11 bits per heavy atom. The maximum Gasteiger partial charge on any atom is 0.0991 e. The minimum atomic E-state index is 0.583. The lowest BCUT2D eigenvalue weighted by molar-refractivity contribution is 0.0975. The molecule has 2 bridgehead atoms. The summed E-state index contributed by atoms with van der Waals surface area (Å²) >= 11 is 0. The number of piperidine rings is 3. The van der Waals surface area contributed by atoms with Crippen LogP contribution >= 0.6 is 0 Å². The molecule has 3 heteroatoms. The molecule has 0 aliphatic carbocycles. The Hall–Kier alpha value is -1.53. The van der Waals surface area contributed by atoms with Crippen molar-refractivity contribution in [3.8, 4) is 6.07 Å². The molecule has 1 unspecified atom stereocenters. The molecule has 0 aromatic heterocycles. The average molecular weight is 241 g/mol. The lowest BCUT2D eigenvalue weighted by Gasteiger charge is -2.45. The third kappa shape index (κ3) is 2.09.